The summed E-state index contributed by atoms with van der Waals surface area (Å²) in [6.45, 7) is 1.25. The maximum Gasteiger partial charge on any atom is 0.253 e. The molecule has 148 valence electrons. The van der Waals surface area contributed by atoms with Gasteiger partial charge in [-0.1, -0.05) is 0 Å². The Morgan fingerprint density at radius 1 is 1.29 bits per heavy atom. The lowest BCUT2D eigenvalue weighted by Crippen LogP contribution is -2.39. The predicted molar refractivity (Wildman–Crippen MR) is 108 cm³/mol. The molecule has 3 aromatic rings. The zero-order valence-electron chi connectivity index (χ0n) is 15.8. The number of fused-ring (bicyclic) bond motifs is 1. The first-order valence-corrected chi connectivity index (χ1v) is 10.3. The van der Waals surface area contributed by atoms with E-state index in [0.29, 0.717) is 18.8 Å². The number of methoxy groups -OCH3 is 1. The minimum Gasteiger partial charge on any atom is -0.382 e. The Morgan fingerprint density at radius 2 is 2.14 bits per heavy atom. The molecule has 1 aliphatic rings. The van der Waals surface area contributed by atoms with E-state index in [9.17, 15) is 4.79 Å². The van der Waals surface area contributed by atoms with Gasteiger partial charge in [0.2, 0.25) is 0 Å². The number of carbonyl (C=O) groups is 1. The zero-order valence-corrected chi connectivity index (χ0v) is 16.7. The highest BCUT2D eigenvalue weighted by atomic mass is 32.1. The highest BCUT2D eigenvalue weighted by Gasteiger charge is 2.24. The first-order valence-electron chi connectivity index (χ1n) is 9.53. The van der Waals surface area contributed by atoms with Crippen molar-refractivity contribution in [1.29, 1.82) is 0 Å². The molecule has 0 aliphatic heterocycles. The SMILES string of the molecule is COCCOC1CCC(NC(=O)c2cc(-n3ccnc3)cc3cnsc23)CC1. The van der Waals surface area contributed by atoms with E-state index in [-0.39, 0.29) is 18.1 Å². The van der Waals surface area contributed by atoms with Gasteiger partial charge in [0, 0.05) is 42.8 Å². The Kier molecular flexibility index (Phi) is 5.99. The van der Waals surface area contributed by atoms with Crippen LogP contribution in [-0.2, 0) is 9.47 Å². The molecule has 0 radical (unpaired) electrons. The van der Waals surface area contributed by atoms with Crippen LogP contribution in [0.2, 0.25) is 0 Å². The summed E-state index contributed by atoms with van der Waals surface area (Å²) in [7, 11) is 1.68. The average molecular weight is 401 g/mol. The van der Waals surface area contributed by atoms with Crippen molar-refractivity contribution in [1.82, 2.24) is 19.2 Å². The summed E-state index contributed by atoms with van der Waals surface area (Å²) in [5.74, 6) is -0.0417. The number of imidazole rings is 1. The highest BCUT2D eigenvalue weighted by Crippen LogP contribution is 2.27. The number of hydrogen-bond acceptors (Lipinski definition) is 6. The molecular weight excluding hydrogens is 376 g/mol. The summed E-state index contributed by atoms with van der Waals surface area (Å²) >= 11 is 1.35. The molecule has 28 heavy (non-hydrogen) atoms. The fourth-order valence-electron chi connectivity index (χ4n) is 3.63. The van der Waals surface area contributed by atoms with Gasteiger partial charge in [0.05, 0.1) is 35.9 Å². The molecule has 2 aromatic heterocycles. The van der Waals surface area contributed by atoms with Crippen molar-refractivity contribution in [2.75, 3.05) is 20.3 Å². The van der Waals surface area contributed by atoms with Crippen LogP contribution in [0.15, 0.2) is 37.1 Å². The van der Waals surface area contributed by atoms with Crippen molar-refractivity contribution in [3.05, 3.63) is 42.6 Å². The van der Waals surface area contributed by atoms with Crippen LogP contribution < -0.4 is 5.32 Å². The summed E-state index contributed by atoms with van der Waals surface area (Å²) in [5, 5.41) is 4.18. The Hall–Kier alpha value is -2.29. The van der Waals surface area contributed by atoms with Gasteiger partial charge in [-0.05, 0) is 49.3 Å². The van der Waals surface area contributed by atoms with Gasteiger partial charge in [-0.2, -0.15) is 4.37 Å². The average Bonchev–Trinajstić information content (AvgIpc) is 3.40. The molecule has 0 spiro atoms. The quantitative estimate of drug-likeness (QED) is 0.616. The van der Waals surface area contributed by atoms with Gasteiger partial charge in [-0.3, -0.25) is 4.79 Å². The molecular formula is C20H24N4O3S. The van der Waals surface area contributed by atoms with Gasteiger partial charge >= 0.3 is 0 Å². The maximum atomic E-state index is 13.0. The maximum absolute atomic E-state index is 13.0. The number of amides is 1. The topological polar surface area (TPSA) is 78.3 Å². The number of nitrogens with zero attached hydrogens (tertiary/aromatic N) is 3. The molecule has 1 fully saturated rings. The van der Waals surface area contributed by atoms with Gasteiger partial charge in [-0.15, -0.1) is 0 Å². The number of benzene rings is 1. The van der Waals surface area contributed by atoms with Crippen LogP contribution in [0.3, 0.4) is 0 Å². The molecule has 0 saturated heterocycles. The first-order chi connectivity index (χ1) is 13.7. The smallest absolute Gasteiger partial charge is 0.253 e. The van der Waals surface area contributed by atoms with E-state index in [1.807, 2.05) is 22.9 Å². The predicted octanol–water partition coefficient (Wildman–Crippen LogP) is 3.19. The second kappa shape index (κ2) is 8.81. The molecule has 8 heteroatoms. The van der Waals surface area contributed by atoms with Crippen LogP contribution >= 0.6 is 11.5 Å². The largest absolute Gasteiger partial charge is 0.382 e. The van der Waals surface area contributed by atoms with Crippen LogP contribution in [0, 0.1) is 0 Å². The lowest BCUT2D eigenvalue weighted by Gasteiger charge is -2.29. The molecule has 4 rings (SSSR count). The van der Waals surface area contributed by atoms with Gasteiger partial charge in [-0.25, -0.2) is 4.98 Å². The molecule has 7 nitrogen and oxygen atoms in total. The fraction of sp³-hybridized carbons (Fsp3) is 0.450. The number of hydrogen-bond donors (Lipinski definition) is 1. The standard InChI is InChI=1S/C20H24N4O3S/c1-26-8-9-27-17-4-2-15(3-5-17)23-20(25)18-11-16(24-7-6-21-13-24)10-14-12-22-28-19(14)18/h6-7,10-13,15,17H,2-5,8-9H2,1H3,(H,23,25). The Labute approximate surface area is 167 Å². The zero-order chi connectivity index (χ0) is 19.3. The number of aromatic nitrogens is 3. The highest BCUT2D eigenvalue weighted by molar-refractivity contribution is 7.13. The number of carbonyl (C=O) groups excluding carboxylic acids is 1. The lowest BCUT2D eigenvalue weighted by molar-refractivity contribution is -0.00408. The molecule has 1 amide bonds. The van der Waals surface area contributed by atoms with Crippen molar-refractivity contribution < 1.29 is 14.3 Å². The lowest BCUT2D eigenvalue weighted by atomic mass is 9.92. The third-order valence-electron chi connectivity index (χ3n) is 5.14. The molecule has 1 aliphatic carbocycles. The van der Waals surface area contributed by atoms with Gasteiger partial charge in [0.15, 0.2) is 0 Å². The minimum absolute atomic E-state index is 0.0417. The summed E-state index contributed by atoms with van der Waals surface area (Å²) in [6, 6.07) is 4.12. The van der Waals surface area contributed by atoms with Gasteiger partial charge in [0.1, 0.15) is 0 Å². The Morgan fingerprint density at radius 3 is 2.89 bits per heavy atom. The van der Waals surface area contributed by atoms with E-state index in [4.69, 9.17) is 9.47 Å². The van der Waals surface area contributed by atoms with Gasteiger partial charge < -0.3 is 19.4 Å². The number of ether oxygens (including phenoxy) is 2. The van der Waals surface area contributed by atoms with Crippen molar-refractivity contribution >= 4 is 27.5 Å². The van der Waals surface area contributed by atoms with Crippen molar-refractivity contribution in [3.63, 3.8) is 0 Å². The van der Waals surface area contributed by atoms with Crippen molar-refractivity contribution in [2.24, 2.45) is 0 Å². The third kappa shape index (κ3) is 4.24. The second-order valence-corrected chi connectivity index (χ2v) is 7.82. The van der Waals surface area contributed by atoms with Gasteiger partial charge in [0.25, 0.3) is 5.91 Å². The summed E-state index contributed by atoms with van der Waals surface area (Å²) in [6.07, 6.45) is 11.2. The molecule has 0 unspecified atom stereocenters. The first kappa shape index (κ1) is 19.0. The Bertz CT molecular complexity index is 917. The number of nitrogens with one attached hydrogen (secondary N) is 1. The molecule has 1 saturated carbocycles. The van der Waals surface area contributed by atoms with E-state index < -0.39 is 0 Å². The molecule has 2 heterocycles. The van der Waals surface area contributed by atoms with E-state index in [1.165, 1.54) is 11.5 Å². The Balaban J connectivity index is 1.44. The summed E-state index contributed by atoms with van der Waals surface area (Å²) in [5.41, 5.74) is 1.58. The van der Waals surface area contributed by atoms with Crippen LogP contribution in [0.1, 0.15) is 36.0 Å². The molecule has 1 aromatic carbocycles. The van der Waals surface area contributed by atoms with Crippen molar-refractivity contribution in [2.45, 2.75) is 37.8 Å². The van der Waals surface area contributed by atoms with Crippen LogP contribution in [-0.4, -0.2) is 52.3 Å². The van der Waals surface area contributed by atoms with Crippen LogP contribution in [0.25, 0.3) is 15.8 Å². The number of rotatable bonds is 7. The minimum atomic E-state index is -0.0417. The van der Waals surface area contributed by atoms with E-state index in [0.717, 1.165) is 41.5 Å². The van der Waals surface area contributed by atoms with Crippen LogP contribution in [0.5, 0.6) is 0 Å². The monoisotopic (exact) mass is 400 g/mol. The fourth-order valence-corrected chi connectivity index (χ4v) is 4.37. The van der Waals surface area contributed by atoms with E-state index >= 15 is 0 Å². The van der Waals surface area contributed by atoms with Crippen LogP contribution in [0.4, 0.5) is 0 Å². The molecule has 0 bridgehead atoms. The third-order valence-corrected chi connectivity index (χ3v) is 5.98. The summed E-state index contributed by atoms with van der Waals surface area (Å²) in [4.78, 5) is 17.1. The van der Waals surface area contributed by atoms with Crippen molar-refractivity contribution in [3.8, 4) is 5.69 Å². The van der Waals surface area contributed by atoms with E-state index in [2.05, 4.69) is 14.7 Å². The van der Waals surface area contributed by atoms with E-state index in [1.54, 1.807) is 25.8 Å². The normalized spacial score (nSPS) is 19.8. The summed E-state index contributed by atoms with van der Waals surface area (Å²) < 4.78 is 17.9. The second-order valence-electron chi connectivity index (χ2n) is 7.02. The molecule has 1 N–H and O–H groups in total. The molecule has 0 atom stereocenters.